The predicted octanol–water partition coefficient (Wildman–Crippen LogP) is 3.70. The molecule has 0 rings (SSSR count). The van der Waals surface area contributed by atoms with Crippen molar-refractivity contribution in [2.24, 2.45) is 0 Å². The molecule has 0 aromatic carbocycles. The molecule has 0 N–H and O–H groups in total. The van der Waals surface area contributed by atoms with Crippen LogP contribution in [-0.4, -0.2) is 7.11 Å². The van der Waals surface area contributed by atoms with E-state index < -0.39 is 0 Å². The number of allylic oxidation sites excluding steroid dienone is 4. The molecule has 0 saturated heterocycles. The summed E-state index contributed by atoms with van der Waals surface area (Å²) in [5.41, 5.74) is 1.18. The van der Waals surface area contributed by atoms with E-state index in [4.69, 9.17) is 4.74 Å². The Bertz CT molecular complexity index is 164. The Balaban J connectivity index is 0. The van der Waals surface area contributed by atoms with Gasteiger partial charge in [0, 0.05) is 0 Å². The van der Waals surface area contributed by atoms with Crippen LogP contribution in [0.4, 0.5) is 0 Å². The van der Waals surface area contributed by atoms with E-state index in [0.29, 0.717) is 0 Å². The van der Waals surface area contributed by atoms with Gasteiger partial charge in [-0.2, -0.15) is 0 Å². The molecule has 0 spiro atoms. The highest BCUT2D eigenvalue weighted by Crippen LogP contribution is 2.02. The molecule has 12 heavy (non-hydrogen) atoms. The summed E-state index contributed by atoms with van der Waals surface area (Å²) in [6.07, 6.45) is 5.64. The van der Waals surface area contributed by atoms with Gasteiger partial charge in [0.2, 0.25) is 0 Å². The molecule has 0 amide bonds. The van der Waals surface area contributed by atoms with Crippen LogP contribution in [0.1, 0.15) is 27.7 Å². The molecule has 1 heteroatoms. The molecule has 70 valence electrons. The van der Waals surface area contributed by atoms with Crippen molar-refractivity contribution in [3.05, 3.63) is 36.1 Å². The van der Waals surface area contributed by atoms with Crippen molar-refractivity contribution >= 4 is 0 Å². The van der Waals surface area contributed by atoms with Crippen LogP contribution in [0, 0.1) is 0 Å². The zero-order valence-corrected chi connectivity index (χ0v) is 8.85. The molecule has 0 heterocycles. The van der Waals surface area contributed by atoms with E-state index in [1.165, 1.54) is 5.57 Å². The van der Waals surface area contributed by atoms with Gasteiger partial charge in [-0.15, -0.1) is 0 Å². The van der Waals surface area contributed by atoms with Crippen LogP contribution in [0.5, 0.6) is 0 Å². The van der Waals surface area contributed by atoms with Crippen LogP contribution in [0.2, 0.25) is 0 Å². The number of hydrogen-bond donors (Lipinski definition) is 0. The van der Waals surface area contributed by atoms with Crippen LogP contribution >= 0.6 is 0 Å². The van der Waals surface area contributed by atoms with Crippen molar-refractivity contribution in [3.63, 3.8) is 0 Å². The largest absolute Gasteiger partial charge is 0.497 e. The van der Waals surface area contributed by atoms with Crippen molar-refractivity contribution in [2.45, 2.75) is 27.7 Å². The molecular formula is C11H20O. The second kappa shape index (κ2) is 10.0. The minimum atomic E-state index is 0.801. The summed E-state index contributed by atoms with van der Waals surface area (Å²) in [6.45, 7) is 11.6. The van der Waals surface area contributed by atoms with E-state index in [9.17, 15) is 0 Å². The fourth-order valence-electron chi connectivity index (χ4n) is 0.509. The summed E-state index contributed by atoms with van der Waals surface area (Å²) in [6, 6.07) is 0. The van der Waals surface area contributed by atoms with Gasteiger partial charge in [-0.25, -0.2) is 0 Å². The van der Waals surface area contributed by atoms with Crippen molar-refractivity contribution < 1.29 is 4.74 Å². The molecule has 0 aromatic heterocycles. The maximum Gasteiger partial charge on any atom is 0.118 e. The van der Waals surface area contributed by atoms with Gasteiger partial charge >= 0.3 is 0 Å². The smallest absolute Gasteiger partial charge is 0.118 e. The van der Waals surface area contributed by atoms with Gasteiger partial charge in [0.15, 0.2) is 0 Å². The first-order valence-electron chi connectivity index (χ1n) is 4.25. The third-order valence-corrected chi connectivity index (χ3v) is 1.26. The summed E-state index contributed by atoms with van der Waals surface area (Å²) < 4.78 is 4.97. The minimum absolute atomic E-state index is 0.801. The Morgan fingerprint density at radius 3 is 2.08 bits per heavy atom. The van der Waals surface area contributed by atoms with Crippen LogP contribution in [-0.2, 0) is 4.74 Å². The Hall–Kier alpha value is -0.980. The van der Waals surface area contributed by atoms with Gasteiger partial charge in [-0.1, -0.05) is 32.1 Å². The second-order valence-electron chi connectivity index (χ2n) is 1.99. The lowest BCUT2D eigenvalue weighted by Crippen LogP contribution is -1.80. The average Bonchev–Trinajstić information content (AvgIpc) is 2.16. The number of rotatable bonds is 3. The predicted molar refractivity (Wildman–Crippen MR) is 56.1 cm³/mol. The van der Waals surface area contributed by atoms with Gasteiger partial charge in [-0.3, -0.25) is 0 Å². The second-order valence-corrected chi connectivity index (χ2v) is 1.99. The highest BCUT2D eigenvalue weighted by molar-refractivity contribution is 5.23. The van der Waals surface area contributed by atoms with Gasteiger partial charge in [0.1, 0.15) is 5.76 Å². The average molecular weight is 168 g/mol. The highest BCUT2D eigenvalue weighted by Gasteiger charge is 1.86. The summed E-state index contributed by atoms with van der Waals surface area (Å²) in [4.78, 5) is 0. The lowest BCUT2D eigenvalue weighted by Gasteiger charge is -1.98. The molecule has 0 aliphatic carbocycles. The van der Waals surface area contributed by atoms with Crippen molar-refractivity contribution in [1.82, 2.24) is 0 Å². The molecule has 0 aliphatic heterocycles. The zero-order chi connectivity index (χ0) is 9.98. The first-order chi connectivity index (χ1) is 5.74. The molecule has 1 nitrogen and oxygen atoms in total. The zero-order valence-electron chi connectivity index (χ0n) is 8.85. The van der Waals surface area contributed by atoms with E-state index in [2.05, 4.69) is 6.58 Å². The van der Waals surface area contributed by atoms with Crippen LogP contribution in [0.25, 0.3) is 0 Å². The molecule has 0 aliphatic rings. The maximum absolute atomic E-state index is 4.97. The van der Waals surface area contributed by atoms with Crippen molar-refractivity contribution in [1.29, 1.82) is 0 Å². The van der Waals surface area contributed by atoms with Gasteiger partial charge < -0.3 is 4.74 Å². The molecule has 0 atom stereocenters. The van der Waals surface area contributed by atoms with E-state index in [1.807, 2.05) is 39.8 Å². The number of ether oxygens (including phenoxy) is 1. The Morgan fingerprint density at radius 2 is 1.83 bits per heavy atom. The van der Waals surface area contributed by atoms with Crippen LogP contribution in [0.15, 0.2) is 36.1 Å². The van der Waals surface area contributed by atoms with Gasteiger partial charge in [0.05, 0.1) is 7.11 Å². The first kappa shape index (κ1) is 13.6. The molecule has 0 saturated carbocycles. The third kappa shape index (κ3) is 7.13. The number of methoxy groups -OCH3 is 1. The Kier molecular flexibility index (Phi) is 11.4. The van der Waals surface area contributed by atoms with Gasteiger partial charge in [0.25, 0.3) is 0 Å². The van der Waals surface area contributed by atoms with Crippen LogP contribution < -0.4 is 0 Å². The van der Waals surface area contributed by atoms with E-state index >= 15 is 0 Å². The third-order valence-electron chi connectivity index (χ3n) is 1.26. The summed E-state index contributed by atoms with van der Waals surface area (Å²) in [5.74, 6) is 0.801. The van der Waals surface area contributed by atoms with Crippen molar-refractivity contribution in [3.8, 4) is 0 Å². The van der Waals surface area contributed by atoms with Crippen LogP contribution in [0.3, 0.4) is 0 Å². The SMILES string of the molecule is C=C/C(=C\C(C)=C/C)OC.CC. The topological polar surface area (TPSA) is 9.23 Å². The van der Waals surface area contributed by atoms with Gasteiger partial charge in [-0.05, 0) is 26.0 Å². The van der Waals surface area contributed by atoms with E-state index in [1.54, 1.807) is 13.2 Å². The lowest BCUT2D eigenvalue weighted by molar-refractivity contribution is 0.307. The first-order valence-corrected chi connectivity index (χ1v) is 4.25. The summed E-state index contributed by atoms with van der Waals surface area (Å²) in [5, 5.41) is 0. The normalized spacial score (nSPS) is 11.4. The molecule has 0 radical (unpaired) electrons. The van der Waals surface area contributed by atoms with Crippen molar-refractivity contribution in [2.75, 3.05) is 7.11 Å². The van der Waals surface area contributed by atoms with E-state index in [-0.39, 0.29) is 0 Å². The molecular weight excluding hydrogens is 148 g/mol. The molecule has 0 aromatic rings. The monoisotopic (exact) mass is 168 g/mol. The minimum Gasteiger partial charge on any atom is -0.497 e. The Labute approximate surface area is 76.4 Å². The fourth-order valence-corrected chi connectivity index (χ4v) is 0.509. The highest BCUT2D eigenvalue weighted by atomic mass is 16.5. The molecule has 0 bridgehead atoms. The maximum atomic E-state index is 4.97. The number of hydrogen-bond acceptors (Lipinski definition) is 1. The standard InChI is InChI=1S/C9H14O.C2H6/c1-5-8(3)7-9(6-2)10-4;1-2/h5-7H,2H2,1,3-4H3;1-2H3/b8-5-,9-7+;. The lowest BCUT2D eigenvalue weighted by atomic mass is 10.2. The Morgan fingerprint density at radius 1 is 1.33 bits per heavy atom. The fraction of sp³-hybridized carbons (Fsp3) is 0.455. The molecule has 0 fully saturated rings. The summed E-state index contributed by atoms with van der Waals surface area (Å²) in [7, 11) is 1.64. The summed E-state index contributed by atoms with van der Waals surface area (Å²) >= 11 is 0. The molecule has 0 unspecified atom stereocenters. The quantitative estimate of drug-likeness (QED) is 0.461. The van der Waals surface area contributed by atoms with E-state index in [0.717, 1.165) is 5.76 Å².